The Morgan fingerprint density at radius 1 is 1.17 bits per heavy atom. The molecular weight excluding hydrogens is 366 g/mol. The second-order valence-corrected chi connectivity index (χ2v) is 5.36. The number of hydrogen-bond donors (Lipinski definition) is 2. The largest absolute Gasteiger partial charge is 0.271 e. The molecule has 2 aromatic carbocycles. The molecule has 2 aromatic rings. The lowest BCUT2D eigenvalue weighted by atomic mass is 9.99. The van der Waals surface area contributed by atoms with E-state index in [9.17, 15) is 4.39 Å². The molecule has 0 bridgehead atoms. The third-order valence-electron chi connectivity index (χ3n) is 2.66. The fourth-order valence-electron chi connectivity index (χ4n) is 1.79. The molecule has 18 heavy (non-hydrogen) atoms. The Morgan fingerprint density at radius 2 is 1.89 bits per heavy atom. The summed E-state index contributed by atoms with van der Waals surface area (Å²) < 4.78 is 13.9. The predicted octanol–water partition coefficient (Wildman–Crippen LogP) is 3.64. The van der Waals surface area contributed by atoms with Crippen molar-refractivity contribution in [3.05, 3.63) is 68.0 Å². The summed E-state index contributed by atoms with van der Waals surface area (Å²) in [7, 11) is 0. The number of hydrogen-bond acceptors (Lipinski definition) is 2. The van der Waals surface area contributed by atoms with E-state index in [0.717, 1.165) is 14.7 Å². The summed E-state index contributed by atoms with van der Waals surface area (Å²) in [6, 6.07) is 11.8. The zero-order valence-corrected chi connectivity index (χ0v) is 12.2. The van der Waals surface area contributed by atoms with Gasteiger partial charge < -0.3 is 0 Å². The van der Waals surface area contributed by atoms with E-state index in [1.54, 1.807) is 12.1 Å². The van der Waals surface area contributed by atoms with Crippen LogP contribution in [0.5, 0.6) is 0 Å². The van der Waals surface area contributed by atoms with Gasteiger partial charge in [0, 0.05) is 8.59 Å². The highest BCUT2D eigenvalue weighted by Gasteiger charge is 2.17. The van der Waals surface area contributed by atoms with Crippen LogP contribution in [-0.4, -0.2) is 0 Å². The Hall–Kier alpha value is -0.690. The van der Waals surface area contributed by atoms with Gasteiger partial charge in [-0.3, -0.25) is 5.84 Å². The maximum Gasteiger partial charge on any atom is 0.124 e. The fourth-order valence-corrected chi connectivity index (χ4v) is 2.83. The molecule has 0 aromatic heterocycles. The summed E-state index contributed by atoms with van der Waals surface area (Å²) in [6.45, 7) is 0. The molecule has 2 rings (SSSR count). The van der Waals surface area contributed by atoms with Gasteiger partial charge >= 0.3 is 0 Å². The number of nitrogens with two attached hydrogens (primary N) is 1. The third-order valence-corrected chi connectivity index (χ3v) is 3.93. The summed E-state index contributed by atoms with van der Waals surface area (Å²) in [5.74, 6) is 5.34. The van der Waals surface area contributed by atoms with Crippen molar-refractivity contribution < 1.29 is 4.39 Å². The van der Waals surface area contributed by atoms with Crippen LogP contribution in [0.4, 0.5) is 4.39 Å². The van der Waals surface area contributed by atoms with Crippen molar-refractivity contribution in [2.45, 2.75) is 6.04 Å². The Labute approximate surface area is 123 Å². The number of nitrogens with one attached hydrogen (secondary N) is 1. The van der Waals surface area contributed by atoms with Gasteiger partial charge in [0.1, 0.15) is 5.82 Å². The highest BCUT2D eigenvalue weighted by Crippen LogP contribution is 2.30. The molecule has 0 radical (unpaired) electrons. The quantitative estimate of drug-likeness (QED) is 0.488. The van der Waals surface area contributed by atoms with Gasteiger partial charge in [-0.1, -0.05) is 35.9 Å². The zero-order chi connectivity index (χ0) is 13.1. The maximum absolute atomic E-state index is 13.1. The van der Waals surface area contributed by atoms with Crippen LogP contribution in [0.3, 0.4) is 0 Å². The third kappa shape index (κ3) is 2.83. The van der Waals surface area contributed by atoms with Crippen molar-refractivity contribution in [3.63, 3.8) is 0 Å². The molecule has 0 aliphatic rings. The molecule has 94 valence electrons. The van der Waals surface area contributed by atoms with Gasteiger partial charge in [0.25, 0.3) is 0 Å². The average Bonchev–Trinajstić information content (AvgIpc) is 2.34. The molecular formula is C13H11ClFIN2. The standard InChI is InChI=1S/C13H11ClFIN2/c14-11-4-2-1-3-9(11)13(18-17)10-6-5-8(15)7-12(10)16/h1-7,13,18H,17H2. The first-order chi connectivity index (χ1) is 8.63. The van der Waals surface area contributed by atoms with E-state index in [0.29, 0.717) is 5.02 Å². The number of rotatable bonds is 3. The molecule has 0 aliphatic carbocycles. The van der Waals surface area contributed by atoms with E-state index >= 15 is 0 Å². The van der Waals surface area contributed by atoms with Crippen LogP contribution in [0.1, 0.15) is 17.2 Å². The molecule has 0 saturated heterocycles. The molecule has 3 N–H and O–H groups in total. The van der Waals surface area contributed by atoms with E-state index in [1.165, 1.54) is 12.1 Å². The first-order valence-electron chi connectivity index (χ1n) is 5.29. The minimum Gasteiger partial charge on any atom is -0.271 e. The van der Waals surface area contributed by atoms with Gasteiger partial charge in [-0.05, 0) is 51.9 Å². The van der Waals surface area contributed by atoms with Crippen molar-refractivity contribution in [2.75, 3.05) is 0 Å². The topological polar surface area (TPSA) is 38.0 Å². The fraction of sp³-hybridized carbons (Fsp3) is 0.0769. The monoisotopic (exact) mass is 376 g/mol. The van der Waals surface area contributed by atoms with Crippen molar-refractivity contribution in [1.82, 2.24) is 5.43 Å². The van der Waals surface area contributed by atoms with E-state index in [4.69, 9.17) is 17.4 Å². The van der Waals surface area contributed by atoms with E-state index < -0.39 is 0 Å². The molecule has 0 fully saturated rings. The molecule has 0 amide bonds. The lowest BCUT2D eigenvalue weighted by Gasteiger charge is -2.19. The normalized spacial score (nSPS) is 12.4. The van der Waals surface area contributed by atoms with E-state index in [1.807, 2.05) is 18.2 Å². The molecule has 0 aliphatic heterocycles. The van der Waals surface area contributed by atoms with Crippen LogP contribution in [0.15, 0.2) is 42.5 Å². The van der Waals surface area contributed by atoms with Crippen LogP contribution in [0.2, 0.25) is 5.02 Å². The lowest BCUT2D eigenvalue weighted by molar-refractivity contribution is 0.612. The summed E-state index contributed by atoms with van der Waals surface area (Å²) in [6.07, 6.45) is 0. The van der Waals surface area contributed by atoms with Gasteiger partial charge in [0.05, 0.1) is 6.04 Å². The number of hydrazine groups is 1. The minimum absolute atomic E-state index is 0.258. The maximum atomic E-state index is 13.1. The predicted molar refractivity (Wildman–Crippen MR) is 79.7 cm³/mol. The number of benzene rings is 2. The van der Waals surface area contributed by atoms with Gasteiger partial charge in [-0.15, -0.1) is 0 Å². The van der Waals surface area contributed by atoms with Crippen LogP contribution < -0.4 is 11.3 Å². The van der Waals surface area contributed by atoms with E-state index in [-0.39, 0.29) is 11.9 Å². The van der Waals surface area contributed by atoms with Crippen molar-refractivity contribution in [2.24, 2.45) is 5.84 Å². The first-order valence-corrected chi connectivity index (χ1v) is 6.74. The van der Waals surface area contributed by atoms with Crippen LogP contribution >= 0.6 is 34.2 Å². The van der Waals surface area contributed by atoms with E-state index in [2.05, 4.69) is 28.0 Å². The average molecular weight is 377 g/mol. The zero-order valence-electron chi connectivity index (χ0n) is 9.33. The first kappa shape index (κ1) is 13.7. The lowest BCUT2D eigenvalue weighted by Crippen LogP contribution is -2.29. The van der Waals surface area contributed by atoms with Gasteiger partial charge in [0.2, 0.25) is 0 Å². The molecule has 2 nitrogen and oxygen atoms in total. The Morgan fingerprint density at radius 3 is 2.50 bits per heavy atom. The molecule has 1 atom stereocenters. The second kappa shape index (κ2) is 5.97. The molecule has 5 heteroatoms. The van der Waals surface area contributed by atoms with Gasteiger partial charge in [0.15, 0.2) is 0 Å². The Balaban J connectivity index is 2.49. The van der Waals surface area contributed by atoms with Crippen LogP contribution in [-0.2, 0) is 0 Å². The highest BCUT2D eigenvalue weighted by molar-refractivity contribution is 14.1. The Kier molecular flexibility index (Phi) is 4.55. The highest BCUT2D eigenvalue weighted by atomic mass is 127. The minimum atomic E-state index is -0.266. The van der Waals surface area contributed by atoms with Gasteiger partial charge in [-0.25, -0.2) is 9.82 Å². The summed E-state index contributed by atoms with van der Waals surface area (Å²) in [4.78, 5) is 0. The van der Waals surface area contributed by atoms with Crippen LogP contribution in [0.25, 0.3) is 0 Å². The smallest absolute Gasteiger partial charge is 0.124 e. The van der Waals surface area contributed by atoms with Gasteiger partial charge in [-0.2, -0.15) is 0 Å². The molecule has 0 spiro atoms. The molecule has 1 unspecified atom stereocenters. The summed E-state index contributed by atoms with van der Waals surface area (Å²) in [5, 5.41) is 0.626. The summed E-state index contributed by atoms with van der Waals surface area (Å²) >= 11 is 8.24. The molecule has 0 heterocycles. The second-order valence-electron chi connectivity index (χ2n) is 3.79. The van der Waals surface area contributed by atoms with Crippen LogP contribution in [0, 0.1) is 9.39 Å². The summed E-state index contributed by atoms with van der Waals surface area (Å²) in [5.41, 5.74) is 4.49. The molecule has 0 saturated carbocycles. The number of halogens is 3. The van der Waals surface area contributed by atoms with Crippen molar-refractivity contribution in [3.8, 4) is 0 Å². The SMILES string of the molecule is NNC(c1ccccc1Cl)c1ccc(F)cc1I. The van der Waals surface area contributed by atoms with Crippen molar-refractivity contribution >= 4 is 34.2 Å². The Bertz CT molecular complexity index is 562. The van der Waals surface area contributed by atoms with Crippen molar-refractivity contribution in [1.29, 1.82) is 0 Å².